The van der Waals surface area contributed by atoms with Crippen molar-refractivity contribution in [1.29, 1.82) is 0 Å². The molecule has 1 spiro atoms. The number of oxazole rings is 1. The average Bonchev–Trinajstić information content (AvgIpc) is 3.20. The van der Waals surface area contributed by atoms with Gasteiger partial charge in [0.25, 0.3) is 11.8 Å². The Hall–Kier alpha value is -1.99. The highest BCUT2D eigenvalue weighted by atomic mass is 19.3. The number of amides is 2. The standard InChI is InChI=1S/C17H21F2N3O3/c1-11-13(25-10-20-11)14(23)22-8-16(7-17(18,19)9-22)4-5-21(15(16)24)6-12-2-3-12/h10,12H,2-9H2,1H3/t16-/m1/s1. The molecule has 1 aliphatic carbocycles. The van der Waals surface area contributed by atoms with Gasteiger partial charge in [-0.25, -0.2) is 13.8 Å². The highest BCUT2D eigenvalue weighted by molar-refractivity contribution is 5.93. The molecular formula is C17H21F2N3O3. The first-order valence-electron chi connectivity index (χ1n) is 8.66. The van der Waals surface area contributed by atoms with Crippen LogP contribution in [0.15, 0.2) is 10.8 Å². The van der Waals surface area contributed by atoms with Crippen LogP contribution in [-0.2, 0) is 4.79 Å². The van der Waals surface area contributed by atoms with Gasteiger partial charge in [-0.05, 0) is 32.1 Å². The smallest absolute Gasteiger partial charge is 0.291 e. The van der Waals surface area contributed by atoms with E-state index in [1.54, 1.807) is 11.8 Å². The lowest BCUT2D eigenvalue weighted by Gasteiger charge is -2.42. The second-order valence-corrected chi connectivity index (χ2v) is 7.69. The monoisotopic (exact) mass is 353 g/mol. The zero-order valence-electron chi connectivity index (χ0n) is 14.1. The molecule has 3 fully saturated rings. The summed E-state index contributed by atoms with van der Waals surface area (Å²) in [7, 11) is 0. The molecule has 136 valence electrons. The number of hydrogen-bond donors (Lipinski definition) is 0. The number of alkyl halides is 2. The molecule has 25 heavy (non-hydrogen) atoms. The summed E-state index contributed by atoms with van der Waals surface area (Å²) in [6.07, 6.45) is 3.20. The Balaban J connectivity index is 1.58. The number of hydrogen-bond acceptors (Lipinski definition) is 4. The second-order valence-electron chi connectivity index (χ2n) is 7.69. The van der Waals surface area contributed by atoms with Gasteiger partial charge in [0.2, 0.25) is 11.7 Å². The molecule has 0 N–H and O–H groups in total. The fourth-order valence-electron chi connectivity index (χ4n) is 4.09. The molecule has 8 heteroatoms. The van der Waals surface area contributed by atoms with Crippen molar-refractivity contribution in [3.63, 3.8) is 0 Å². The van der Waals surface area contributed by atoms with Crippen LogP contribution in [0.2, 0.25) is 0 Å². The van der Waals surface area contributed by atoms with E-state index in [0.29, 0.717) is 31.1 Å². The molecule has 2 amide bonds. The Morgan fingerprint density at radius 2 is 2.16 bits per heavy atom. The van der Waals surface area contributed by atoms with Gasteiger partial charge in [0.1, 0.15) is 0 Å². The van der Waals surface area contributed by atoms with Gasteiger partial charge in [-0.3, -0.25) is 9.59 Å². The van der Waals surface area contributed by atoms with Crippen LogP contribution in [-0.4, -0.2) is 58.7 Å². The Kier molecular flexibility index (Phi) is 3.63. The van der Waals surface area contributed by atoms with E-state index in [9.17, 15) is 18.4 Å². The van der Waals surface area contributed by atoms with Crippen molar-refractivity contribution in [3.8, 4) is 0 Å². The van der Waals surface area contributed by atoms with Gasteiger partial charge in [0.15, 0.2) is 6.39 Å². The van der Waals surface area contributed by atoms with Crippen LogP contribution in [0.5, 0.6) is 0 Å². The first-order chi connectivity index (χ1) is 11.8. The Labute approximate surface area is 144 Å². The van der Waals surface area contributed by atoms with Crippen molar-refractivity contribution < 1.29 is 22.8 Å². The normalized spacial score (nSPS) is 28.8. The molecule has 1 saturated carbocycles. The van der Waals surface area contributed by atoms with Gasteiger partial charge in [-0.15, -0.1) is 0 Å². The SMILES string of the molecule is Cc1ncoc1C(=O)N1CC(F)(F)C[C@]2(CCN(CC3CC3)C2=O)C1. The Bertz CT molecular complexity index is 716. The number of halogens is 2. The molecule has 0 radical (unpaired) electrons. The number of piperidine rings is 1. The van der Waals surface area contributed by atoms with Crippen LogP contribution in [0.3, 0.4) is 0 Å². The third-order valence-corrected chi connectivity index (χ3v) is 5.52. The number of likely N-dealkylation sites (tertiary alicyclic amines) is 2. The number of rotatable bonds is 3. The van der Waals surface area contributed by atoms with Crippen LogP contribution in [0.1, 0.15) is 41.9 Å². The second kappa shape index (κ2) is 5.51. The molecule has 6 nitrogen and oxygen atoms in total. The summed E-state index contributed by atoms with van der Waals surface area (Å²) < 4.78 is 33.9. The minimum absolute atomic E-state index is 0.0154. The van der Waals surface area contributed by atoms with Crippen molar-refractivity contribution in [2.24, 2.45) is 11.3 Å². The molecule has 2 aliphatic heterocycles. The van der Waals surface area contributed by atoms with Crippen molar-refractivity contribution >= 4 is 11.8 Å². The lowest BCUT2D eigenvalue weighted by Crippen LogP contribution is -2.57. The number of aromatic nitrogens is 1. The summed E-state index contributed by atoms with van der Waals surface area (Å²) in [5.74, 6) is -3.47. The molecular weight excluding hydrogens is 332 g/mol. The number of carbonyl (C=O) groups is 2. The quantitative estimate of drug-likeness (QED) is 0.835. The first kappa shape index (κ1) is 16.5. The van der Waals surface area contributed by atoms with E-state index in [4.69, 9.17) is 4.42 Å². The number of nitrogens with zero attached hydrogens (tertiary/aromatic N) is 3. The van der Waals surface area contributed by atoms with Crippen LogP contribution in [0, 0.1) is 18.3 Å². The lowest BCUT2D eigenvalue weighted by atomic mass is 9.77. The predicted molar refractivity (Wildman–Crippen MR) is 83.1 cm³/mol. The van der Waals surface area contributed by atoms with E-state index < -0.39 is 30.2 Å². The van der Waals surface area contributed by atoms with Gasteiger partial charge < -0.3 is 14.2 Å². The van der Waals surface area contributed by atoms with E-state index in [-0.39, 0.29) is 18.2 Å². The van der Waals surface area contributed by atoms with Gasteiger partial charge in [0.05, 0.1) is 17.7 Å². The number of aryl methyl sites for hydroxylation is 1. The summed E-state index contributed by atoms with van der Waals surface area (Å²) in [4.78, 5) is 32.1. The summed E-state index contributed by atoms with van der Waals surface area (Å²) in [5.41, 5.74) is -0.818. The van der Waals surface area contributed by atoms with Crippen LogP contribution in [0.25, 0.3) is 0 Å². The predicted octanol–water partition coefficient (Wildman–Crippen LogP) is 2.09. The fraction of sp³-hybridized carbons (Fsp3) is 0.706. The van der Waals surface area contributed by atoms with E-state index >= 15 is 0 Å². The zero-order valence-corrected chi connectivity index (χ0v) is 14.1. The third kappa shape index (κ3) is 2.91. The Morgan fingerprint density at radius 3 is 2.80 bits per heavy atom. The summed E-state index contributed by atoms with van der Waals surface area (Å²) in [6, 6.07) is 0. The summed E-state index contributed by atoms with van der Waals surface area (Å²) >= 11 is 0. The fourth-order valence-corrected chi connectivity index (χ4v) is 4.09. The number of carbonyl (C=O) groups excluding carboxylic acids is 2. The van der Waals surface area contributed by atoms with Crippen molar-refractivity contribution in [3.05, 3.63) is 17.8 Å². The molecule has 2 saturated heterocycles. The maximum atomic E-state index is 14.4. The zero-order chi connectivity index (χ0) is 17.8. The van der Waals surface area contributed by atoms with E-state index in [0.717, 1.165) is 24.1 Å². The molecule has 3 aliphatic rings. The van der Waals surface area contributed by atoms with Gasteiger partial charge in [0, 0.05) is 26.1 Å². The maximum Gasteiger partial charge on any atom is 0.291 e. The van der Waals surface area contributed by atoms with Crippen LogP contribution in [0.4, 0.5) is 8.78 Å². The highest BCUT2D eigenvalue weighted by Crippen LogP contribution is 2.46. The van der Waals surface area contributed by atoms with Crippen molar-refractivity contribution in [2.75, 3.05) is 26.2 Å². The van der Waals surface area contributed by atoms with Gasteiger partial charge >= 0.3 is 0 Å². The van der Waals surface area contributed by atoms with Crippen LogP contribution >= 0.6 is 0 Å². The van der Waals surface area contributed by atoms with Crippen molar-refractivity contribution in [2.45, 2.75) is 38.5 Å². The molecule has 1 aromatic heterocycles. The van der Waals surface area contributed by atoms with Gasteiger partial charge in [-0.1, -0.05) is 0 Å². The summed E-state index contributed by atoms with van der Waals surface area (Å²) in [6.45, 7) is 2.06. The van der Waals surface area contributed by atoms with Crippen LogP contribution < -0.4 is 0 Å². The third-order valence-electron chi connectivity index (χ3n) is 5.52. The lowest BCUT2D eigenvalue weighted by molar-refractivity contribution is -0.151. The molecule has 0 aromatic carbocycles. The molecule has 1 atom stereocenters. The average molecular weight is 353 g/mol. The minimum Gasteiger partial charge on any atom is -0.438 e. The molecule has 0 unspecified atom stereocenters. The highest BCUT2D eigenvalue weighted by Gasteiger charge is 2.58. The molecule has 4 rings (SSSR count). The summed E-state index contributed by atoms with van der Waals surface area (Å²) in [5, 5.41) is 0. The Morgan fingerprint density at radius 1 is 1.40 bits per heavy atom. The molecule has 1 aromatic rings. The van der Waals surface area contributed by atoms with E-state index in [1.165, 1.54) is 0 Å². The topological polar surface area (TPSA) is 66.7 Å². The molecule has 3 heterocycles. The first-order valence-corrected chi connectivity index (χ1v) is 8.66. The molecule has 0 bridgehead atoms. The largest absolute Gasteiger partial charge is 0.438 e. The van der Waals surface area contributed by atoms with E-state index in [2.05, 4.69) is 4.98 Å². The minimum atomic E-state index is -3.09. The maximum absolute atomic E-state index is 14.4. The van der Waals surface area contributed by atoms with E-state index in [1.807, 2.05) is 0 Å². The van der Waals surface area contributed by atoms with Crippen molar-refractivity contribution in [1.82, 2.24) is 14.8 Å². The van der Waals surface area contributed by atoms with Gasteiger partial charge in [-0.2, -0.15) is 0 Å².